The highest BCUT2D eigenvalue weighted by Gasteiger charge is 2.30. The quantitative estimate of drug-likeness (QED) is 0.566. The number of hydrogen-bond donors (Lipinski definition) is 1. The van der Waals surface area contributed by atoms with Gasteiger partial charge in [0.2, 0.25) is 0 Å². The SMILES string of the molecule is O=C(NCC#Cc1cccc(C(F)(F)F)c1)c1cccc(I)c1. The highest BCUT2D eigenvalue weighted by molar-refractivity contribution is 14.1. The minimum absolute atomic E-state index is 0.0561. The Morgan fingerprint density at radius 1 is 1.13 bits per heavy atom. The van der Waals surface area contributed by atoms with E-state index in [1.54, 1.807) is 18.2 Å². The van der Waals surface area contributed by atoms with Crippen molar-refractivity contribution in [2.24, 2.45) is 0 Å². The van der Waals surface area contributed by atoms with Gasteiger partial charge >= 0.3 is 6.18 Å². The van der Waals surface area contributed by atoms with Gasteiger partial charge in [0.1, 0.15) is 0 Å². The maximum atomic E-state index is 12.6. The van der Waals surface area contributed by atoms with Gasteiger partial charge in [-0.15, -0.1) is 0 Å². The molecular formula is C17H11F3INO. The number of nitrogens with one attached hydrogen (secondary N) is 1. The Hall–Kier alpha value is -2.01. The second-order valence-electron chi connectivity index (χ2n) is 4.57. The van der Waals surface area contributed by atoms with Crippen LogP contribution in [0.4, 0.5) is 13.2 Å². The number of alkyl halides is 3. The summed E-state index contributed by atoms with van der Waals surface area (Å²) in [7, 11) is 0. The van der Waals surface area contributed by atoms with Crippen molar-refractivity contribution >= 4 is 28.5 Å². The third kappa shape index (κ3) is 5.28. The molecule has 0 fully saturated rings. The molecule has 1 amide bonds. The molecule has 0 radical (unpaired) electrons. The van der Waals surface area contributed by atoms with E-state index in [1.165, 1.54) is 12.1 Å². The second kappa shape index (κ2) is 7.51. The maximum Gasteiger partial charge on any atom is 0.416 e. The minimum atomic E-state index is -4.39. The number of halogens is 4. The molecule has 2 aromatic carbocycles. The van der Waals surface area contributed by atoms with Crippen molar-refractivity contribution in [3.05, 3.63) is 68.8 Å². The largest absolute Gasteiger partial charge is 0.416 e. The average Bonchev–Trinajstić information content (AvgIpc) is 2.51. The second-order valence-corrected chi connectivity index (χ2v) is 5.82. The van der Waals surface area contributed by atoms with Gasteiger partial charge in [0, 0.05) is 14.7 Å². The van der Waals surface area contributed by atoms with Gasteiger partial charge in [-0.05, 0) is 59.0 Å². The Labute approximate surface area is 145 Å². The van der Waals surface area contributed by atoms with Crippen molar-refractivity contribution in [2.45, 2.75) is 6.18 Å². The third-order valence-electron chi connectivity index (χ3n) is 2.85. The molecule has 0 aliphatic rings. The van der Waals surface area contributed by atoms with E-state index in [2.05, 4.69) is 39.7 Å². The van der Waals surface area contributed by atoms with E-state index in [4.69, 9.17) is 0 Å². The number of carbonyl (C=O) groups is 1. The summed E-state index contributed by atoms with van der Waals surface area (Å²) in [6.45, 7) is 0.0561. The van der Waals surface area contributed by atoms with Crippen LogP contribution in [0.2, 0.25) is 0 Å². The molecule has 0 saturated carbocycles. The fraction of sp³-hybridized carbons (Fsp3) is 0.118. The van der Waals surface area contributed by atoms with E-state index in [-0.39, 0.29) is 18.0 Å². The Kier molecular flexibility index (Phi) is 5.66. The minimum Gasteiger partial charge on any atom is -0.341 e. The van der Waals surface area contributed by atoms with Crippen molar-refractivity contribution in [1.29, 1.82) is 0 Å². The molecule has 1 N–H and O–H groups in total. The Bertz CT molecular complexity index is 775. The molecule has 0 heterocycles. The number of rotatable bonds is 2. The summed E-state index contributed by atoms with van der Waals surface area (Å²) in [6.07, 6.45) is -4.39. The van der Waals surface area contributed by atoms with E-state index >= 15 is 0 Å². The summed E-state index contributed by atoms with van der Waals surface area (Å²) in [5.74, 6) is 4.98. The summed E-state index contributed by atoms with van der Waals surface area (Å²) in [5, 5.41) is 2.60. The van der Waals surface area contributed by atoms with E-state index in [9.17, 15) is 18.0 Å². The van der Waals surface area contributed by atoms with Gasteiger partial charge in [-0.1, -0.05) is 24.0 Å². The monoisotopic (exact) mass is 429 g/mol. The van der Waals surface area contributed by atoms with E-state index in [1.807, 2.05) is 6.07 Å². The van der Waals surface area contributed by atoms with Crippen LogP contribution in [0, 0.1) is 15.4 Å². The third-order valence-corrected chi connectivity index (χ3v) is 3.52. The lowest BCUT2D eigenvalue weighted by Crippen LogP contribution is -2.23. The summed E-state index contributed by atoms with van der Waals surface area (Å²) in [6, 6.07) is 11.8. The highest BCUT2D eigenvalue weighted by atomic mass is 127. The molecule has 118 valence electrons. The highest BCUT2D eigenvalue weighted by Crippen LogP contribution is 2.29. The van der Waals surface area contributed by atoms with Gasteiger partial charge in [-0.25, -0.2) is 0 Å². The number of hydrogen-bond acceptors (Lipinski definition) is 1. The average molecular weight is 429 g/mol. The van der Waals surface area contributed by atoms with Crippen LogP contribution in [0.3, 0.4) is 0 Å². The molecule has 0 spiro atoms. The van der Waals surface area contributed by atoms with Crippen molar-refractivity contribution in [3.8, 4) is 11.8 Å². The number of benzene rings is 2. The first-order valence-corrected chi connectivity index (χ1v) is 7.64. The molecule has 0 atom stereocenters. The van der Waals surface area contributed by atoms with Gasteiger partial charge in [-0.2, -0.15) is 13.2 Å². The molecule has 0 bridgehead atoms. The fourth-order valence-electron chi connectivity index (χ4n) is 1.78. The maximum absolute atomic E-state index is 12.6. The molecule has 0 aliphatic carbocycles. The smallest absolute Gasteiger partial charge is 0.341 e. The van der Waals surface area contributed by atoms with Crippen molar-refractivity contribution in [1.82, 2.24) is 5.32 Å². The Morgan fingerprint density at radius 3 is 2.57 bits per heavy atom. The van der Waals surface area contributed by atoms with Gasteiger partial charge < -0.3 is 5.32 Å². The van der Waals surface area contributed by atoms with Gasteiger partial charge in [0.15, 0.2) is 0 Å². The summed E-state index contributed by atoms with van der Waals surface area (Å²) >= 11 is 2.10. The summed E-state index contributed by atoms with van der Waals surface area (Å²) < 4.78 is 38.7. The molecule has 6 heteroatoms. The zero-order valence-electron chi connectivity index (χ0n) is 11.7. The zero-order valence-corrected chi connectivity index (χ0v) is 13.9. The van der Waals surface area contributed by atoms with E-state index < -0.39 is 11.7 Å². The molecule has 0 unspecified atom stereocenters. The van der Waals surface area contributed by atoms with Crippen LogP contribution in [0.25, 0.3) is 0 Å². The van der Waals surface area contributed by atoms with Crippen LogP contribution in [0.15, 0.2) is 48.5 Å². The van der Waals surface area contributed by atoms with E-state index in [0.717, 1.165) is 15.7 Å². The van der Waals surface area contributed by atoms with Gasteiger partial charge in [0.25, 0.3) is 5.91 Å². The van der Waals surface area contributed by atoms with Crippen LogP contribution in [-0.4, -0.2) is 12.5 Å². The van der Waals surface area contributed by atoms with Crippen LogP contribution < -0.4 is 5.32 Å². The molecule has 2 nitrogen and oxygen atoms in total. The predicted molar refractivity (Wildman–Crippen MR) is 89.8 cm³/mol. The van der Waals surface area contributed by atoms with Crippen LogP contribution >= 0.6 is 22.6 Å². The van der Waals surface area contributed by atoms with Crippen molar-refractivity contribution in [3.63, 3.8) is 0 Å². The van der Waals surface area contributed by atoms with Gasteiger partial charge in [0.05, 0.1) is 12.1 Å². The van der Waals surface area contributed by atoms with Gasteiger partial charge in [-0.3, -0.25) is 4.79 Å². The lowest BCUT2D eigenvalue weighted by atomic mass is 10.1. The van der Waals surface area contributed by atoms with E-state index in [0.29, 0.717) is 5.56 Å². The Morgan fingerprint density at radius 2 is 1.87 bits per heavy atom. The molecule has 2 rings (SSSR count). The van der Waals surface area contributed by atoms with Crippen LogP contribution in [-0.2, 0) is 6.18 Å². The van der Waals surface area contributed by atoms with Crippen LogP contribution in [0.5, 0.6) is 0 Å². The topological polar surface area (TPSA) is 29.1 Å². The number of carbonyl (C=O) groups excluding carboxylic acids is 1. The summed E-state index contributed by atoms with van der Waals surface area (Å²) in [4.78, 5) is 11.9. The molecule has 2 aromatic rings. The normalized spacial score (nSPS) is 10.6. The first-order valence-electron chi connectivity index (χ1n) is 6.56. The zero-order chi connectivity index (χ0) is 16.9. The molecule has 0 saturated heterocycles. The Balaban J connectivity index is 1.97. The van der Waals surface area contributed by atoms with Crippen molar-refractivity contribution in [2.75, 3.05) is 6.54 Å². The lowest BCUT2D eigenvalue weighted by Gasteiger charge is -2.05. The summed E-state index contributed by atoms with van der Waals surface area (Å²) in [5.41, 5.74) is 0.0216. The predicted octanol–water partition coefficient (Wildman–Crippen LogP) is 4.09. The lowest BCUT2D eigenvalue weighted by molar-refractivity contribution is -0.137. The fourth-order valence-corrected chi connectivity index (χ4v) is 2.32. The number of amides is 1. The molecule has 0 aliphatic heterocycles. The standard InChI is InChI=1S/C17H11F3INO/c18-17(19,20)14-7-1-4-12(10-14)5-3-9-22-16(23)13-6-2-8-15(21)11-13/h1-2,4,6-8,10-11H,9H2,(H,22,23). The molecular weight excluding hydrogens is 418 g/mol. The van der Waals surface area contributed by atoms with Crippen molar-refractivity contribution < 1.29 is 18.0 Å². The first-order chi connectivity index (χ1) is 10.9. The first kappa shape index (κ1) is 17.3. The molecule has 0 aromatic heterocycles. The molecule has 23 heavy (non-hydrogen) atoms. The van der Waals surface area contributed by atoms with Crippen LogP contribution in [0.1, 0.15) is 21.5 Å².